The molecule has 5 nitrogen and oxygen atoms in total. The SMILES string of the molecule is CC(C)OCCCNC(=O)CCC(=O)N[C@@H](C)c1ccccc1. The van der Waals surface area contributed by atoms with E-state index in [0.717, 1.165) is 12.0 Å². The molecule has 0 aliphatic carbocycles. The van der Waals surface area contributed by atoms with Crippen LogP contribution in [0.5, 0.6) is 0 Å². The van der Waals surface area contributed by atoms with Crippen LogP contribution < -0.4 is 10.6 Å². The van der Waals surface area contributed by atoms with Crippen LogP contribution in [0, 0.1) is 0 Å². The molecule has 0 saturated carbocycles. The fourth-order valence-electron chi connectivity index (χ4n) is 2.07. The summed E-state index contributed by atoms with van der Waals surface area (Å²) in [5.74, 6) is -0.211. The number of benzene rings is 1. The topological polar surface area (TPSA) is 67.4 Å². The first-order valence-corrected chi connectivity index (χ1v) is 8.21. The summed E-state index contributed by atoms with van der Waals surface area (Å²) in [6.07, 6.45) is 1.39. The molecular weight excluding hydrogens is 292 g/mol. The minimum absolute atomic E-state index is 0.0556. The van der Waals surface area contributed by atoms with Gasteiger partial charge in [0.2, 0.25) is 11.8 Å². The maximum absolute atomic E-state index is 11.9. The highest BCUT2D eigenvalue weighted by molar-refractivity contribution is 5.83. The highest BCUT2D eigenvalue weighted by atomic mass is 16.5. The Labute approximate surface area is 138 Å². The van der Waals surface area contributed by atoms with Crippen molar-refractivity contribution in [3.8, 4) is 0 Å². The molecule has 0 aromatic heterocycles. The molecule has 0 spiro atoms. The van der Waals surface area contributed by atoms with E-state index in [1.165, 1.54) is 0 Å². The number of carbonyl (C=O) groups is 2. The zero-order chi connectivity index (χ0) is 17.1. The van der Waals surface area contributed by atoms with Gasteiger partial charge in [-0.25, -0.2) is 0 Å². The highest BCUT2D eigenvalue weighted by Gasteiger charge is 2.11. The van der Waals surface area contributed by atoms with E-state index in [9.17, 15) is 9.59 Å². The van der Waals surface area contributed by atoms with E-state index in [1.807, 2.05) is 51.1 Å². The first-order chi connectivity index (χ1) is 11.0. The van der Waals surface area contributed by atoms with Crippen molar-refractivity contribution < 1.29 is 14.3 Å². The molecular formula is C18H28N2O3. The number of hydrogen-bond acceptors (Lipinski definition) is 3. The molecule has 1 atom stereocenters. The van der Waals surface area contributed by atoms with Crippen molar-refractivity contribution in [2.45, 2.75) is 52.2 Å². The minimum Gasteiger partial charge on any atom is -0.379 e. The molecule has 0 heterocycles. The van der Waals surface area contributed by atoms with Gasteiger partial charge in [0.05, 0.1) is 12.1 Å². The average molecular weight is 320 g/mol. The summed E-state index contributed by atoms with van der Waals surface area (Å²) in [6, 6.07) is 9.70. The number of nitrogens with one attached hydrogen (secondary N) is 2. The monoisotopic (exact) mass is 320 g/mol. The summed E-state index contributed by atoms with van der Waals surface area (Å²) in [5.41, 5.74) is 1.05. The minimum atomic E-state index is -0.111. The maximum Gasteiger partial charge on any atom is 0.220 e. The summed E-state index contributed by atoms with van der Waals surface area (Å²) < 4.78 is 5.39. The molecule has 1 aromatic carbocycles. The summed E-state index contributed by atoms with van der Waals surface area (Å²) in [6.45, 7) is 7.10. The Bertz CT molecular complexity index is 474. The zero-order valence-electron chi connectivity index (χ0n) is 14.3. The van der Waals surface area contributed by atoms with E-state index in [-0.39, 0.29) is 36.8 Å². The van der Waals surface area contributed by atoms with Crippen LogP contribution in [0.1, 0.15) is 51.6 Å². The molecule has 1 rings (SSSR count). The van der Waals surface area contributed by atoms with Crippen molar-refractivity contribution in [3.63, 3.8) is 0 Å². The van der Waals surface area contributed by atoms with Gasteiger partial charge in [-0.2, -0.15) is 0 Å². The first kappa shape index (κ1) is 19.2. The second kappa shape index (κ2) is 10.8. The number of amides is 2. The van der Waals surface area contributed by atoms with Gasteiger partial charge in [-0.1, -0.05) is 30.3 Å². The fraction of sp³-hybridized carbons (Fsp3) is 0.556. The quantitative estimate of drug-likeness (QED) is 0.651. The van der Waals surface area contributed by atoms with Gasteiger partial charge in [-0.3, -0.25) is 9.59 Å². The Morgan fingerprint density at radius 1 is 1.04 bits per heavy atom. The van der Waals surface area contributed by atoms with Gasteiger partial charge in [0.1, 0.15) is 0 Å². The smallest absolute Gasteiger partial charge is 0.220 e. The van der Waals surface area contributed by atoms with Gasteiger partial charge in [0, 0.05) is 26.0 Å². The Morgan fingerprint density at radius 3 is 2.35 bits per heavy atom. The Hall–Kier alpha value is -1.88. The molecule has 0 radical (unpaired) electrons. The molecule has 0 aliphatic rings. The summed E-state index contributed by atoms with van der Waals surface area (Å²) >= 11 is 0. The second-order valence-electron chi connectivity index (χ2n) is 5.82. The molecule has 0 unspecified atom stereocenters. The molecule has 0 saturated heterocycles. The predicted molar refractivity (Wildman–Crippen MR) is 90.9 cm³/mol. The molecule has 5 heteroatoms. The molecule has 0 bridgehead atoms. The van der Waals surface area contributed by atoms with Crippen LogP contribution in [0.2, 0.25) is 0 Å². The van der Waals surface area contributed by atoms with Crippen LogP contribution in [0.3, 0.4) is 0 Å². The van der Waals surface area contributed by atoms with Gasteiger partial charge >= 0.3 is 0 Å². The van der Waals surface area contributed by atoms with Gasteiger partial charge in [0.25, 0.3) is 0 Å². The molecule has 2 N–H and O–H groups in total. The van der Waals surface area contributed by atoms with Crippen molar-refractivity contribution >= 4 is 11.8 Å². The average Bonchev–Trinajstić information content (AvgIpc) is 2.53. The van der Waals surface area contributed by atoms with Gasteiger partial charge in [-0.15, -0.1) is 0 Å². The molecule has 23 heavy (non-hydrogen) atoms. The Kier molecular flexibility index (Phi) is 8.98. The molecule has 2 amide bonds. The van der Waals surface area contributed by atoms with Gasteiger partial charge in [0.15, 0.2) is 0 Å². The van der Waals surface area contributed by atoms with Crippen molar-refractivity contribution in [2.24, 2.45) is 0 Å². The summed E-state index contributed by atoms with van der Waals surface area (Å²) in [5, 5.41) is 5.70. The van der Waals surface area contributed by atoms with Crippen LogP contribution in [-0.4, -0.2) is 31.1 Å². The van der Waals surface area contributed by atoms with Gasteiger partial charge in [-0.05, 0) is 32.8 Å². The van der Waals surface area contributed by atoms with E-state index < -0.39 is 0 Å². The van der Waals surface area contributed by atoms with Crippen LogP contribution in [0.4, 0.5) is 0 Å². The Balaban J connectivity index is 2.14. The van der Waals surface area contributed by atoms with E-state index >= 15 is 0 Å². The standard InChI is InChI=1S/C18H28N2O3/c1-14(2)23-13-7-12-19-17(21)10-11-18(22)20-15(3)16-8-5-4-6-9-16/h4-6,8-9,14-15H,7,10-13H2,1-3H3,(H,19,21)(H,20,22)/t15-/m0/s1. The third-order valence-electron chi connectivity index (χ3n) is 3.35. The van der Waals surface area contributed by atoms with Crippen LogP contribution in [0.15, 0.2) is 30.3 Å². The largest absolute Gasteiger partial charge is 0.379 e. The van der Waals surface area contributed by atoms with Crippen LogP contribution in [-0.2, 0) is 14.3 Å². The number of carbonyl (C=O) groups excluding carboxylic acids is 2. The second-order valence-corrected chi connectivity index (χ2v) is 5.82. The van der Waals surface area contributed by atoms with E-state index in [2.05, 4.69) is 10.6 Å². The lowest BCUT2D eigenvalue weighted by Gasteiger charge is -2.14. The van der Waals surface area contributed by atoms with Gasteiger partial charge < -0.3 is 15.4 Å². The number of hydrogen-bond donors (Lipinski definition) is 2. The normalized spacial score (nSPS) is 12.0. The van der Waals surface area contributed by atoms with Crippen molar-refractivity contribution in [3.05, 3.63) is 35.9 Å². The number of rotatable bonds is 10. The van der Waals surface area contributed by atoms with Crippen LogP contribution >= 0.6 is 0 Å². The predicted octanol–water partition coefficient (Wildman–Crippen LogP) is 2.58. The lowest BCUT2D eigenvalue weighted by atomic mass is 10.1. The molecule has 0 fully saturated rings. The van der Waals surface area contributed by atoms with E-state index in [1.54, 1.807) is 0 Å². The zero-order valence-corrected chi connectivity index (χ0v) is 14.3. The maximum atomic E-state index is 11.9. The fourth-order valence-corrected chi connectivity index (χ4v) is 2.07. The van der Waals surface area contributed by atoms with Crippen molar-refractivity contribution in [1.29, 1.82) is 0 Å². The summed E-state index contributed by atoms with van der Waals surface area (Å²) in [4.78, 5) is 23.5. The third kappa shape index (κ3) is 8.98. The number of ether oxygens (including phenoxy) is 1. The lowest BCUT2D eigenvalue weighted by Crippen LogP contribution is -2.30. The van der Waals surface area contributed by atoms with Crippen LogP contribution in [0.25, 0.3) is 0 Å². The first-order valence-electron chi connectivity index (χ1n) is 8.21. The van der Waals surface area contributed by atoms with E-state index in [4.69, 9.17) is 4.74 Å². The van der Waals surface area contributed by atoms with E-state index in [0.29, 0.717) is 13.2 Å². The molecule has 0 aliphatic heterocycles. The molecule has 1 aromatic rings. The van der Waals surface area contributed by atoms with Crippen molar-refractivity contribution in [2.75, 3.05) is 13.2 Å². The summed E-state index contributed by atoms with van der Waals surface area (Å²) in [7, 11) is 0. The highest BCUT2D eigenvalue weighted by Crippen LogP contribution is 2.11. The third-order valence-corrected chi connectivity index (χ3v) is 3.35. The van der Waals surface area contributed by atoms with Crippen molar-refractivity contribution in [1.82, 2.24) is 10.6 Å². The Morgan fingerprint density at radius 2 is 1.70 bits per heavy atom. The lowest BCUT2D eigenvalue weighted by molar-refractivity contribution is -0.126. The molecule has 128 valence electrons.